The number of rotatable bonds is 8. The van der Waals surface area contributed by atoms with Crippen molar-refractivity contribution in [2.24, 2.45) is 5.92 Å². The number of esters is 1. The molecule has 0 amide bonds. The number of ether oxygens (including phenoxy) is 1. The number of nitrogens with zero attached hydrogens (tertiary/aromatic N) is 2. The van der Waals surface area contributed by atoms with Crippen molar-refractivity contribution >= 4 is 5.97 Å². The van der Waals surface area contributed by atoms with Gasteiger partial charge in [0.25, 0.3) is 0 Å². The highest BCUT2D eigenvalue weighted by molar-refractivity contribution is 5.75. The van der Waals surface area contributed by atoms with Gasteiger partial charge in [-0.1, -0.05) is 0 Å². The maximum absolute atomic E-state index is 11.8. The molecular formula is C16H31N3O2. The Labute approximate surface area is 129 Å². The molecule has 0 aromatic heterocycles. The summed E-state index contributed by atoms with van der Waals surface area (Å²) in [7, 11) is 5.78. The summed E-state index contributed by atoms with van der Waals surface area (Å²) in [6.07, 6.45) is 5.81. The zero-order valence-electron chi connectivity index (χ0n) is 13.8. The maximum atomic E-state index is 11.8. The fourth-order valence-corrected chi connectivity index (χ4v) is 3.17. The van der Waals surface area contributed by atoms with Crippen molar-refractivity contribution in [1.82, 2.24) is 15.1 Å². The first kappa shape index (κ1) is 16.7. The second kappa shape index (κ2) is 8.11. The van der Waals surface area contributed by atoms with Crippen LogP contribution in [-0.4, -0.2) is 75.2 Å². The highest BCUT2D eigenvalue weighted by atomic mass is 16.5. The molecule has 1 atom stereocenters. The topological polar surface area (TPSA) is 44.8 Å². The average molecular weight is 297 g/mol. The third kappa shape index (κ3) is 5.93. The van der Waals surface area contributed by atoms with Gasteiger partial charge in [0.15, 0.2) is 0 Å². The molecule has 5 heteroatoms. The molecule has 0 radical (unpaired) electrons. The highest BCUT2D eigenvalue weighted by Gasteiger charge is 2.29. The molecule has 2 aliphatic rings. The van der Waals surface area contributed by atoms with E-state index in [2.05, 4.69) is 29.2 Å². The zero-order valence-corrected chi connectivity index (χ0v) is 13.8. The predicted molar refractivity (Wildman–Crippen MR) is 84.3 cm³/mol. The maximum Gasteiger partial charge on any atom is 0.322 e. The summed E-state index contributed by atoms with van der Waals surface area (Å²) in [4.78, 5) is 16.6. The molecule has 1 unspecified atom stereocenters. The van der Waals surface area contributed by atoms with E-state index in [0.717, 1.165) is 32.0 Å². The molecule has 5 nitrogen and oxygen atoms in total. The molecule has 0 aromatic carbocycles. The first-order valence-corrected chi connectivity index (χ1v) is 8.29. The third-order valence-electron chi connectivity index (χ3n) is 4.56. The average Bonchev–Trinajstić information content (AvgIpc) is 3.27. The fourth-order valence-electron chi connectivity index (χ4n) is 3.17. The van der Waals surface area contributed by atoms with Gasteiger partial charge in [-0.25, -0.2) is 0 Å². The van der Waals surface area contributed by atoms with Gasteiger partial charge in [0, 0.05) is 19.1 Å². The van der Waals surface area contributed by atoms with E-state index in [1.807, 2.05) is 0 Å². The molecule has 2 rings (SSSR count). The normalized spacial score (nSPS) is 22.5. The lowest BCUT2D eigenvalue weighted by atomic mass is 9.96. The minimum atomic E-state index is -0.123. The van der Waals surface area contributed by atoms with Gasteiger partial charge in [0.05, 0.1) is 7.11 Å². The first-order valence-electron chi connectivity index (χ1n) is 8.29. The van der Waals surface area contributed by atoms with E-state index >= 15 is 0 Å². The number of carbonyl (C=O) groups is 1. The van der Waals surface area contributed by atoms with Crippen LogP contribution in [0.1, 0.15) is 32.1 Å². The lowest BCUT2D eigenvalue weighted by Gasteiger charge is -2.33. The molecule has 1 saturated heterocycles. The third-order valence-corrected chi connectivity index (χ3v) is 4.56. The predicted octanol–water partition coefficient (Wildman–Crippen LogP) is 0.944. The number of carbonyl (C=O) groups excluding carboxylic acids is 1. The van der Waals surface area contributed by atoms with Crippen LogP contribution in [-0.2, 0) is 9.53 Å². The van der Waals surface area contributed by atoms with E-state index in [1.54, 1.807) is 0 Å². The van der Waals surface area contributed by atoms with Crippen molar-refractivity contribution in [2.45, 2.75) is 44.2 Å². The van der Waals surface area contributed by atoms with Gasteiger partial charge in [-0.2, -0.15) is 0 Å². The molecule has 0 bridgehead atoms. The highest BCUT2D eigenvalue weighted by Crippen LogP contribution is 2.21. The summed E-state index contributed by atoms with van der Waals surface area (Å²) in [6, 6.07) is 0.418. The number of hydrogen-bond donors (Lipinski definition) is 1. The summed E-state index contributed by atoms with van der Waals surface area (Å²) in [5.41, 5.74) is 0. The minimum Gasteiger partial charge on any atom is -0.468 e. The Balaban J connectivity index is 1.68. The van der Waals surface area contributed by atoms with Crippen LogP contribution in [0.15, 0.2) is 0 Å². The van der Waals surface area contributed by atoms with E-state index in [-0.39, 0.29) is 12.0 Å². The van der Waals surface area contributed by atoms with Gasteiger partial charge in [0.1, 0.15) is 6.04 Å². The number of piperidine rings is 1. The number of methoxy groups -OCH3 is 1. The molecule has 122 valence electrons. The van der Waals surface area contributed by atoms with Gasteiger partial charge in [-0.15, -0.1) is 0 Å². The van der Waals surface area contributed by atoms with Gasteiger partial charge < -0.3 is 19.9 Å². The van der Waals surface area contributed by atoms with Crippen LogP contribution in [0, 0.1) is 5.92 Å². The first-order chi connectivity index (χ1) is 10.1. The van der Waals surface area contributed by atoms with Gasteiger partial charge in [-0.05, 0) is 65.2 Å². The van der Waals surface area contributed by atoms with Crippen LogP contribution in [0.4, 0.5) is 0 Å². The largest absolute Gasteiger partial charge is 0.468 e. The van der Waals surface area contributed by atoms with Crippen LogP contribution in [0.5, 0.6) is 0 Å². The summed E-state index contributed by atoms with van der Waals surface area (Å²) in [6.45, 7) is 4.52. The van der Waals surface area contributed by atoms with E-state index in [1.165, 1.54) is 39.3 Å². The number of nitrogens with one attached hydrogen (secondary N) is 1. The molecule has 0 aromatic rings. The summed E-state index contributed by atoms with van der Waals surface area (Å²) < 4.78 is 4.92. The Morgan fingerprint density at radius 1 is 1.29 bits per heavy atom. The molecular weight excluding hydrogens is 266 g/mol. The van der Waals surface area contributed by atoms with E-state index in [9.17, 15) is 4.79 Å². The number of likely N-dealkylation sites (tertiary alicyclic amines) is 1. The van der Waals surface area contributed by atoms with Crippen LogP contribution >= 0.6 is 0 Å². The molecule has 1 saturated carbocycles. The monoisotopic (exact) mass is 297 g/mol. The standard InChI is InChI=1S/C16H31N3O2/c1-18(2)12-13-6-9-19(10-7-13)11-8-15(16(20)21-3)17-14-4-5-14/h13-15,17H,4-12H2,1-3H3. The molecule has 2 fully saturated rings. The molecule has 21 heavy (non-hydrogen) atoms. The van der Waals surface area contributed by atoms with Crippen molar-refractivity contribution in [3.63, 3.8) is 0 Å². The van der Waals surface area contributed by atoms with Crippen LogP contribution in [0.25, 0.3) is 0 Å². The Morgan fingerprint density at radius 2 is 1.95 bits per heavy atom. The van der Waals surface area contributed by atoms with Gasteiger partial charge in [-0.3, -0.25) is 4.79 Å². The Hall–Kier alpha value is -0.650. The smallest absolute Gasteiger partial charge is 0.322 e. The minimum absolute atomic E-state index is 0.107. The summed E-state index contributed by atoms with van der Waals surface area (Å²) in [5.74, 6) is 0.724. The molecule has 1 aliphatic carbocycles. The van der Waals surface area contributed by atoms with Crippen molar-refractivity contribution in [1.29, 1.82) is 0 Å². The molecule has 1 aliphatic heterocycles. The van der Waals surface area contributed by atoms with Crippen molar-refractivity contribution < 1.29 is 9.53 Å². The van der Waals surface area contributed by atoms with E-state index in [4.69, 9.17) is 4.74 Å². The van der Waals surface area contributed by atoms with E-state index < -0.39 is 0 Å². The molecule has 1 N–H and O–H groups in total. The second-order valence-electron chi connectivity index (χ2n) is 6.85. The van der Waals surface area contributed by atoms with E-state index in [0.29, 0.717) is 6.04 Å². The van der Waals surface area contributed by atoms with Crippen molar-refractivity contribution in [2.75, 3.05) is 47.4 Å². The summed E-state index contributed by atoms with van der Waals surface area (Å²) in [5, 5.41) is 3.41. The lowest BCUT2D eigenvalue weighted by Crippen LogP contribution is -2.43. The number of hydrogen-bond acceptors (Lipinski definition) is 5. The quantitative estimate of drug-likeness (QED) is 0.676. The second-order valence-corrected chi connectivity index (χ2v) is 6.85. The zero-order chi connectivity index (χ0) is 15.2. The van der Waals surface area contributed by atoms with Crippen LogP contribution in [0.3, 0.4) is 0 Å². The Bertz CT molecular complexity index is 323. The molecule has 1 heterocycles. The molecule has 0 spiro atoms. The van der Waals surface area contributed by atoms with Gasteiger partial charge in [0.2, 0.25) is 0 Å². The van der Waals surface area contributed by atoms with Gasteiger partial charge >= 0.3 is 5.97 Å². The SMILES string of the molecule is COC(=O)C(CCN1CCC(CN(C)C)CC1)NC1CC1. The Morgan fingerprint density at radius 3 is 2.48 bits per heavy atom. The van der Waals surface area contributed by atoms with Crippen molar-refractivity contribution in [3.8, 4) is 0 Å². The fraction of sp³-hybridized carbons (Fsp3) is 0.938. The van der Waals surface area contributed by atoms with Crippen LogP contribution < -0.4 is 5.32 Å². The summed E-state index contributed by atoms with van der Waals surface area (Å²) >= 11 is 0. The lowest BCUT2D eigenvalue weighted by molar-refractivity contribution is -0.143. The van der Waals surface area contributed by atoms with Crippen LogP contribution in [0.2, 0.25) is 0 Å². The Kier molecular flexibility index (Phi) is 6.45. The van der Waals surface area contributed by atoms with Crippen molar-refractivity contribution in [3.05, 3.63) is 0 Å².